The van der Waals surface area contributed by atoms with Crippen molar-refractivity contribution in [3.05, 3.63) is 66.7 Å². The molecule has 0 radical (unpaired) electrons. The van der Waals surface area contributed by atoms with E-state index in [4.69, 9.17) is 4.98 Å². The quantitative estimate of drug-likeness (QED) is 0.515. The summed E-state index contributed by atoms with van der Waals surface area (Å²) in [5.74, 6) is 1.38. The third-order valence-corrected chi connectivity index (χ3v) is 4.54. The number of H-pyrrole nitrogens is 1. The molecule has 0 bridgehead atoms. The molecule has 0 aliphatic carbocycles. The maximum Gasteiger partial charge on any atom is 0.165 e. The van der Waals surface area contributed by atoms with Gasteiger partial charge in [-0.05, 0) is 29.7 Å². The minimum Gasteiger partial charge on any atom is -0.364 e. The van der Waals surface area contributed by atoms with Gasteiger partial charge in [0.25, 0.3) is 0 Å². The fraction of sp³-hybridized carbons (Fsp3) is 0.100. The van der Waals surface area contributed by atoms with Crippen LogP contribution in [0.15, 0.2) is 61.1 Å². The van der Waals surface area contributed by atoms with Gasteiger partial charge in [0.05, 0.1) is 18.1 Å². The maximum absolute atomic E-state index is 4.72. The largest absolute Gasteiger partial charge is 0.364 e. The Morgan fingerprint density at radius 2 is 2.00 bits per heavy atom. The summed E-state index contributed by atoms with van der Waals surface area (Å²) in [5, 5.41) is 9.85. The average Bonchev–Trinajstić information content (AvgIpc) is 3.30. The molecule has 0 atom stereocenters. The molecule has 7 heteroatoms. The van der Waals surface area contributed by atoms with E-state index in [9.17, 15) is 0 Å². The Labute approximate surface area is 155 Å². The third-order valence-electron chi connectivity index (χ3n) is 4.54. The molecule has 0 unspecified atom stereocenters. The number of anilines is 1. The summed E-state index contributed by atoms with van der Waals surface area (Å²) in [6.07, 6.45) is 5.29. The van der Waals surface area contributed by atoms with E-state index in [1.165, 1.54) is 5.39 Å². The van der Waals surface area contributed by atoms with Crippen molar-refractivity contribution >= 4 is 27.8 Å². The minimum atomic E-state index is 0.623. The molecule has 27 heavy (non-hydrogen) atoms. The number of nitrogens with zero attached hydrogens (tertiary/aromatic N) is 5. The van der Waals surface area contributed by atoms with Crippen LogP contribution < -0.4 is 5.32 Å². The zero-order chi connectivity index (χ0) is 18.2. The number of aryl methyl sites for hydroxylation is 1. The normalized spacial score (nSPS) is 11.3. The van der Waals surface area contributed by atoms with Gasteiger partial charge in [-0.2, -0.15) is 5.10 Å². The predicted molar refractivity (Wildman–Crippen MR) is 105 cm³/mol. The van der Waals surface area contributed by atoms with Gasteiger partial charge >= 0.3 is 0 Å². The lowest BCUT2D eigenvalue weighted by Gasteiger charge is -2.08. The summed E-state index contributed by atoms with van der Waals surface area (Å²) < 4.78 is 1.75. The molecule has 5 aromatic rings. The lowest BCUT2D eigenvalue weighted by molar-refractivity contribution is 0.786. The van der Waals surface area contributed by atoms with E-state index < -0.39 is 0 Å². The number of nitrogens with one attached hydrogen (secondary N) is 2. The first-order valence-electron chi connectivity index (χ1n) is 8.68. The Balaban J connectivity index is 1.53. The van der Waals surface area contributed by atoms with Gasteiger partial charge in [-0.25, -0.2) is 9.97 Å². The van der Waals surface area contributed by atoms with Crippen LogP contribution in [0.2, 0.25) is 0 Å². The van der Waals surface area contributed by atoms with Gasteiger partial charge in [0.15, 0.2) is 11.5 Å². The van der Waals surface area contributed by atoms with Crippen LogP contribution in [0.25, 0.3) is 33.3 Å². The zero-order valence-electron chi connectivity index (χ0n) is 14.7. The molecule has 7 nitrogen and oxygen atoms in total. The highest BCUT2D eigenvalue weighted by Gasteiger charge is 2.13. The van der Waals surface area contributed by atoms with Crippen LogP contribution in [0.3, 0.4) is 0 Å². The molecule has 1 aromatic carbocycles. The van der Waals surface area contributed by atoms with E-state index in [0.29, 0.717) is 12.4 Å². The summed E-state index contributed by atoms with van der Waals surface area (Å²) in [6, 6.07) is 14.2. The van der Waals surface area contributed by atoms with Crippen LogP contribution >= 0.6 is 0 Å². The number of hydrogen-bond acceptors (Lipinski definition) is 5. The zero-order valence-corrected chi connectivity index (χ0v) is 14.7. The van der Waals surface area contributed by atoms with Crippen molar-refractivity contribution in [2.75, 3.05) is 5.32 Å². The van der Waals surface area contributed by atoms with Crippen molar-refractivity contribution in [3.8, 4) is 11.4 Å². The minimum absolute atomic E-state index is 0.623. The van der Waals surface area contributed by atoms with Crippen molar-refractivity contribution in [3.63, 3.8) is 0 Å². The molecule has 0 spiro atoms. The molecule has 0 saturated carbocycles. The number of benzene rings is 1. The highest BCUT2D eigenvalue weighted by Crippen LogP contribution is 2.25. The number of para-hydroxylation sites is 1. The average molecular weight is 355 g/mol. The van der Waals surface area contributed by atoms with Gasteiger partial charge in [-0.15, -0.1) is 0 Å². The Hall–Kier alpha value is -3.74. The molecule has 132 valence electrons. The smallest absolute Gasteiger partial charge is 0.165 e. The Morgan fingerprint density at radius 1 is 1.07 bits per heavy atom. The predicted octanol–water partition coefficient (Wildman–Crippen LogP) is 3.52. The van der Waals surface area contributed by atoms with E-state index >= 15 is 0 Å². The molecular formula is C20H17N7. The number of rotatable bonds is 4. The second-order valence-electron chi connectivity index (χ2n) is 6.38. The van der Waals surface area contributed by atoms with E-state index in [1.807, 2.05) is 31.3 Å². The highest BCUT2D eigenvalue weighted by atomic mass is 15.3. The molecule has 0 saturated heterocycles. The monoisotopic (exact) mass is 355 g/mol. The first-order valence-corrected chi connectivity index (χ1v) is 8.68. The van der Waals surface area contributed by atoms with Crippen LogP contribution in [0.5, 0.6) is 0 Å². The fourth-order valence-electron chi connectivity index (χ4n) is 3.19. The van der Waals surface area contributed by atoms with Crippen molar-refractivity contribution in [2.45, 2.75) is 6.54 Å². The SMILES string of the molecule is Cn1ncc2c(NCc3cc4ccccc4[nH]3)nc(-c3cccnc3)nc21. The lowest BCUT2D eigenvalue weighted by atomic mass is 10.2. The van der Waals surface area contributed by atoms with Crippen LogP contribution in [0.4, 0.5) is 5.82 Å². The molecular weight excluding hydrogens is 338 g/mol. The number of pyridine rings is 1. The molecule has 0 amide bonds. The Morgan fingerprint density at radius 3 is 2.85 bits per heavy atom. The number of fused-ring (bicyclic) bond motifs is 2. The second kappa shape index (κ2) is 6.21. The van der Waals surface area contributed by atoms with Crippen molar-refractivity contribution < 1.29 is 0 Å². The summed E-state index contributed by atoms with van der Waals surface area (Å²) in [6.45, 7) is 0.627. The van der Waals surface area contributed by atoms with E-state index in [2.05, 4.69) is 43.6 Å². The van der Waals surface area contributed by atoms with E-state index in [-0.39, 0.29) is 0 Å². The van der Waals surface area contributed by atoms with Crippen LogP contribution in [0, 0.1) is 0 Å². The number of hydrogen-bond donors (Lipinski definition) is 2. The summed E-state index contributed by atoms with van der Waals surface area (Å²) in [4.78, 5) is 17.0. The first-order chi connectivity index (χ1) is 13.3. The molecule has 4 heterocycles. The van der Waals surface area contributed by atoms with Crippen LogP contribution in [0.1, 0.15) is 5.69 Å². The molecule has 0 fully saturated rings. The standard InChI is InChI=1S/C20H17N7/c1-27-20-16(12-23-27)19(25-18(26-20)14-6-4-8-21-10-14)22-11-15-9-13-5-2-3-7-17(13)24-15/h2-10,12,24H,11H2,1H3,(H,22,25,26). The Bertz CT molecular complexity index is 1200. The summed E-state index contributed by atoms with van der Waals surface area (Å²) in [5.41, 5.74) is 3.87. The molecule has 0 aliphatic heterocycles. The highest BCUT2D eigenvalue weighted by molar-refractivity contribution is 5.88. The van der Waals surface area contributed by atoms with Gasteiger partial charge in [0.2, 0.25) is 0 Å². The molecule has 2 N–H and O–H groups in total. The summed E-state index contributed by atoms with van der Waals surface area (Å²) in [7, 11) is 1.88. The van der Waals surface area contributed by atoms with Gasteiger partial charge in [0.1, 0.15) is 5.82 Å². The first kappa shape index (κ1) is 15.5. The number of aromatic nitrogens is 6. The second-order valence-corrected chi connectivity index (χ2v) is 6.38. The van der Waals surface area contributed by atoms with Gasteiger partial charge in [-0.3, -0.25) is 9.67 Å². The van der Waals surface area contributed by atoms with Crippen molar-refractivity contribution in [2.24, 2.45) is 7.05 Å². The van der Waals surface area contributed by atoms with E-state index in [0.717, 1.165) is 33.6 Å². The molecule has 0 aliphatic rings. The van der Waals surface area contributed by atoms with Crippen molar-refractivity contribution in [1.82, 2.24) is 29.7 Å². The maximum atomic E-state index is 4.72. The van der Waals surface area contributed by atoms with Crippen LogP contribution in [-0.4, -0.2) is 29.7 Å². The third kappa shape index (κ3) is 2.79. The topological polar surface area (TPSA) is 84.3 Å². The van der Waals surface area contributed by atoms with Crippen LogP contribution in [-0.2, 0) is 13.6 Å². The lowest BCUT2D eigenvalue weighted by Crippen LogP contribution is -2.05. The summed E-state index contributed by atoms with van der Waals surface area (Å²) >= 11 is 0. The van der Waals surface area contributed by atoms with E-state index in [1.54, 1.807) is 23.3 Å². The fourth-order valence-corrected chi connectivity index (χ4v) is 3.19. The molecule has 5 rings (SSSR count). The molecule has 4 aromatic heterocycles. The number of aromatic amines is 1. The Kier molecular flexibility index (Phi) is 3.57. The van der Waals surface area contributed by atoms with Crippen molar-refractivity contribution in [1.29, 1.82) is 0 Å². The van der Waals surface area contributed by atoms with Gasteiger partial charge in [0, 0.05) is 36.2 Å². The van der Waals surface area contributed by atoms with Gasteiger partial charge in [-0.1, -0.05) is 18.2 Å². The van der Waals surface area contributed by atoms with Gasteiger partial charge < -0.3 is 10.3 Å².